The monoisotopic (exact) mass is 186 g/mol. The van der Waals surface area contributed by atoms with Gasteiger partial charge in [0.15, 0.2) is 0 Å². The van der Waals surface area contributed by atoms with E-state index in [1.165, 1.54) is 69.2 Å². The van der Waals surface area contributed by atoms with Gasteiger partial charge in [-0.25, -0.2) is 0 Å². The number of hydrogen-bond acceptors (Lipinski definition) is 0. The number of unbranched alkanes of at least 4 members (excludes halogenated alkanes) is 2. The van der Waals surface area contributed by atoms with Crippen molar-refractivity contribution in [1.29, 1.82) is 0 Å². The summed E-state index contributed by atoms with van der Waals surface area (Å²) in [4.78, 5) is 0. The summed E-state index contributed by atoms with van der Waals surface area (Å²) in [5.74, 6) is 0. The van der Waals surface area contributed by atoms with Crippen LogP contribution in [0.4, 0.5) is 0 Å². The summed E-state index contributed by atoms with van der Waals surface area (Å²) in [6.45, 7) is 10.5. The molecule has 13 heavy (non-hydrogen) atoms. The molecule has 0 amide bonds. The van der Waals surface area contributed by atoms with Crippen LogP contribution >= 0.6 is 0 Å². The average Bonchev–Trinajstić information content (AvgIpc) is 2.55. The van der Waals surface area contributed by atoms with E-state index in [2.05, 4.69) is 13.8 Å². The Morgan fingerprint density at radius 2 is 1.62 bits per heavy atom. The Balaban J connectivity index is 0. The molecule has 0 aromatic rings. The van der Waals surface area contributed by atoms with Gasteiger partial charge >= 0.3 is 2.85 Å². The van der Waals surface area contributed by atoms with Crippen molar-refractivity contribution in [1.82, 2.24) is 0 Å². The predicted octanol–water partition coefficient (Wildman–Crippen LogP) is 3.42. The summed E-state index contributed by atoms with van der Waals surface area (Å²) in [6.07, 6.45) is 8.58. The number of rotatable bonds is 6. The molecule has 1 fully saturated rings. The molecule has 0 radical (unpaired) electrons. The van der Waals surface area contributed by atoms with Crippen molar-refractivity contribution in [3.05, 3.63) is 0 Å². The molecule has 1 aliphatic heterocycles. The standard InChI is InChI=1S/C12H26N/c1-3-5-6-10-13(9-4-2)11-7-8-12-13/h3-12H2,1-2H3/q+1/p+2. The highest BCUT2D eigenvalue weighted by molar-refractivity contribution is 4.55. The summed E-state index contributed by atoms with van der Waals surface area (Å²) in [6, 6.07) is 0. The Morgan fingerprint density at radius 1 is 0.923 bits per heavy atom. The second-order valence-electron chi connectivity index (χ2n) is 4.65. The molecule has 0 bridgehead atoms. The van der Waals surface area contributed by atoms with Crippen LogP contribution in [-0.4, -0.2) is 30.7 Å². The second-order valence-corrected chi connectivity index (χ2v) is 4.65. The zero-order valence-corrected chi connectivity index (χ0v) is 9.52. The number of likely N-dealkylation sites (tertiary alicyclic amines) is 1. The Bertz CT molecular complexity index is 134. The normalized spacial score (nSPS) is 20.8. The third-order valence-electron chi connectivity index (χ3n) is 3.45. The lowest BCUT2D eigenvalue weighted by Gasteiger charge is -2.34. The summed E-state index contributed by atoms with van der Waals surface area (Å²) in [5.41, 5.74) is 0. The highest BCUT2D eigenvalue weighted by Crippen LogP contribution is 2.21. The van der Waals surface area contributed by atoms with Crippen molar-refractivity contribution in [3.63, 3.8) is 0 Å². The maximum atomic E-state index is 2.33. The zero-order chi connectivity index (χ0) is 9.57. The van der Waals surface area contributed by atoms with Gasteiger partial charge < -0.3 is 4.48 Å². The van der Waals surface area contributed by atoms with E-state index in [9.17, 15) is 0 Å². The summed E-state index contributed by atoms with van der Waals surface area (Å²) in [5, 5.41) is 0. The molecule has 0 aromatic heterocycles. The highest BCUT2D eigenvalue weighted by atomic mass is 15.4. The largest absolute Gasteiger partial charge is 1.00 e. The fourth-order valence-electron chi connectivity index (χ4n) is 2.74. The smallest absolute Gasteiger partial charge is 0.324 e. The lowest BCUT2D eigenvalue weighted by Crippen LogP contribution is -2.46. The first-order chi connectivity index (χ1) is 6.33. The maximum absolute atomic E-state index is 2.33. The van der Waals surface area contributed by atoms with E-state index in [1.807, 2.05) is 0 Å². The molecule has 0 aliphatic carbocycles. The zero-order valence-electron chi connectivity index (χ0n) is 11.5. The van der Waals surface area contributed by atoms with Gasteiger partial charge in [0.2, 0.25) is 0 Å². The Hall–Kier alpha value is -0.0400. The Labute approximate surface area is 86.7 Å². The SMILES string of the molecule is CCCCC[N+]1(CCC)CCCC1.[H+].[H+]. The van der Waals surface area contributed by atoms with E-state index in [0.29, 0.717) is 0 Å². The molecule has 0 saturated carbocycles. The molecule has 0 atom stereocenters. The molecule has 1 heteroatoms. The molecule has 1 rings (SSSR count). The van der Waals surface area contributed by atoms with E-state index in [-0.39, 0.29) is 2.85 Å². The molecule has 1 heterocycles. The van der Waals surface area contributed by atoms with Crippen LogP contribution in [0.1, 0.15) is 55.2 Å². The first-order valence-electron chi connectivity index (χ1n) is 6.18. The van der Waals surface area contributed by atoms with Gasteiger partial charge in [0.05, 0.1) is 26.2 Å². The van der Waals surface area contributed by atoms with Crippen LogP contribution in [0, 0.1) is 0 Å². The number of hydrogen-bond donors (Lipinski definition) is 0. The van der Waals surface area contributed by atoms with Crippen LogP contribution in [-0.2, 0) is 0 Å². The van der Waals surface area contributed by atoms with Crippen LogP contribution in [0.5, 0.6) is 0 Å². The molecule has 1 nitrogen and oxygen atoms in total. The van der Waals surface area contributed by atoms with Gasteiger partial charge in [-0.15, -0.1) is 0 Å². The minimum absolute atomic E-state index is 0. The number of quaternary nitrogens is 1. The first kappa shape index (κ1) is 11.0. The van der Waals surface area contributed by atoms with Crippen molar-refractivity contribution >= 4 is 0 Å². The molecule has 1 saturated heterocycles. The van der Waals surface area contributed by atoms with E-state index >= 15 is 0 Å². The number of nitrogens with zero attached hydrogens (tertiary/aromatic N) is 1. The van der Waals surface area contributed by atoms with E-state index in [0.717, 1.165) is 0 Å². The molecule has 0 N–H and O–H groups in total. The van der Waals surface area contributed by atoms with E-state index in [4.69, 9.17) is 0 Å². The van der Waals surface area contributed by atoms with Crippen LogP contribution in [0.15, 0.2) is 0 Å². The fraction of sp³-hybridized carbons (Fsp3) is 1.00. The van der Waals surface area contributed by atoms with Gasteiger partial charge in [-0.2, -0.15) is 0 Å². The van der Waals surface area contributed by atoms with Crippen molar-refractivity contribution in [2.75, 3.05) is 26.2 Å². The van der Waals surface area contributed by atoms with Crippen molar-refractivity contribution in [2.24, 2.45) is 0 Å². The van der Waals surface area contributed by atoms with Crippen LogP contribution < -0.4 is 0 Å². The third-order valence-corrected chi connectivity index (χ3v) is 3.45. The van der Waals surface area contributed by atoms with Crippen molar-refractivity contribution in [2.45, 2.75) is 52.4 Å². The van der Waals surface area contributed by atoms with Gasteiger partial charge in [0.25, 0.3) is 0 Å². The average molecular weight is 186 g/mol. The van der Waals surface area contributed by atoms with E-state index < -0.39 is 0 Å². The Kier molecular flexibility index (Phi) is 4.79. The fourth-order valence-corrected chi connectivity index (χ4v) is 2.74. The molecular formula is C12H28N+3. The first-order valence-corrected chi connectivity index (χ1v) is 6.18. The second kappa shape index (κ2) is 5.64. The van der Waals surface area contributed by atoms with E-state index in [1.54, 1.807) is 0 Å². The van der Waals surface area contributed by atoms with Crippen LogP contribution in [0.2, 0.25) is 0 Å². The maximum Gasteiger partial charge on any atom is 1.00 e. The minimum Gasteiger partial charge on any atom is -0.324 e. The van der Waals surface area contributed by atoms with Gasteiger partial charge in [0, 0.05) is 12.8 Å². The van der Waals surface area contributed by atoms with Crippen LogP contribution in [0.25, 0.3) is 0 Å². The molecule has 0 unspecified atom stereocenters. The molecule has 78 valence electrons. The quantitative estimate of drug-likeness (QED) is 0.440. The minimum atomic E-state index is 0. The molecular weight excluding hydrogens is 158 g/mol. The lowest BCUT2D eigenvalue weighted by atomic mass is 10.2. The van der Waals surface area contributed by atoms with Crippen LogP contribution in [0.3, 0.4) is 0 Å². The summed E-state index contributed by atoms with van der Waals surface area (Å²) >= 11 is 0. The van der Waals surface area contributed by atoms with Crippen molar-refractivity contribution < 1.29 is 7.34 Å². The highest BCUT2D eigenvalue weighted by Gasteiger charge is 2.29. The van der Waals surface area contributed by atoms with Crippen molar-refractivity contribution in [3.8, 4) is 0 Å². The molecule has 0 aromatic carbocycles. The Morgan fingerprint density at radius 3 is 2.15 bits per heavy atom. The lowest BCUT2D eigenvalue weighted by molar-refractivity contribution is -0.917. The molecule has 0 spiro atoms. The topological polar surface area (TPSA) is 0 Å². The van der Waals surface area contributed by atoms with Gasteiger partial charge in [-0.3, -0.25) is 0 Å². The molecule has 1 aliphatic rings. The third kappa shape index (κ3) is 3.30. The van der Waals surface area contributed by atoms with Gasteiger partial charge in [-0.1, -0.05) is 20.3 Å². The van der Waals surface area contributed by atoms with Gasteiger partial charge in [-0.05, 0) is 19.3 Å². The van der Waals surface area contributed by atoms with Gasteiger partial charge in [0.1, 0.15) is 0 Å². The predicted molar refractivity (Wildman–Crippen MR) is 61.0 cm³/mol. The summed E-state index contributed by atoms with van der Waals surface area (Å²) < 4.78 is 1.45. The summed E-state index contributed by atoms with van der Waals surface area (Å²) in [7, 11) is 0.